The number of hydrogen-bond acceptors (Lipinski definition) is 4. The van der Waals surface area contributed by atoms with Crippen molar-refractivity contribution in [2.75, 3.05) is 5.32 Å². The number of anilines is 1. The van der Waals surface area contributed by atoms with Crippen LogP contribution in [0, 0.1) is 6.92 Å². The van der Waals surface area contributed by atoms with E-state index in [9.17, 15) is 0 Å². The molecule has 1 N–H and O–H groups in total. The minimum absolute atomic E-state index is 0.575. The highest BCUT2D eigenvalue weighted by molar-refractivity contribution is 5.82. The molecule has 0 aliphatic heterocycles. The van der Waals surface area contributed by atoms with Crippen molar-refractivity contribution >= 4 is 27.6 Å². The predicted octanol–water partition coefficient (Wildman–Crippen LogP) is 3.36. The van der Waals surface area contributed by atoms with Crippen LogP contribution >= 0.6 is 0 Å². The molecule has 2 aromatic heterocycles. The molecule has 0 amide bonds. The topological polar surface area (TPSA) is 55.6 Å². The molecule has 5 heteroatoms. The van der Waals surface area contributed by atoms with E-state index in [1.54, 1.807) is 6.20 Å². The zero-order valence-electron chi connectivity index (χ0n) is 12.2. The van der Waals surface area contributed by atoms with E-state index in [4.69, 9.17) is 0 Å². The maximum atomic E-state index is 4.33. The lowest BCUT2D eigenvalue weighted by molar-refractivity contribution is 0.655. The van der Waals surface area contributed by atoms with Crippen LogP contribution in [0.3, 0.4) is 0 Å². The van der Waals surface area contributed by atoms with Crippen LogP contribution in [-0.4, -0.2) is 20.0 Å². The summed E-state index contributed by atoms with van der Waals surface area (Å²) in [6.07, 6.45) is 1.80. The Bertz CT molecular complexity index is 958. The molecule has 5 nitrogen and oxygen atoms in total. The molecule has 0 atom stereocenters. The van der Waals surface area contributed by atoms with Crippen LogP contribution in [0.15, 0.2) is 54.7 Å². The number of nitrogens with zero attached hydrogens (tertiary/aromatic N) is 4. The largest absolute Gasteiger partial charge is 0.366 e. The van der Waals surface area contributed by atoms with Crippen LogP contribution in [-0.2, 0) is 6.67 Å². The van der Waals surface area contributed by atoms with Gasteiger partial charge >= 0.3 is 0 Å². The highest BCUT2D eigenvalue weighted by Gasteiger charge is 2.04. The minimum Gasteiger partial charge on any atom is -0.366 e. The Morgan fingerprint density at radius 3 is 2.95 bits per heavy atom. The van der Waals surface area contributed by atoms with Crippen LogP contribution in [0.1, 0.15) is 5.56 Å². The van der Waals surface area contributed by atoms with Crippen LogP contribution < -0.4 is 5.32 Å². The van der Waals surface area contributed by atoms with Gasteiger partial charge in [-0.2, -0.15) is 0 Å². The maximum absolute atomic E-state index is 4.33. The monoisotopic (exact) mass is 289 g/mol. The number of benzene rings is 2. The maximum Gasteiger partial charge on any atom is 0.113 e. The summed E-state index contributed by atoms with van der Waals surface area (Å²) in [5.74, 6) is 0. The fourth-order valence-corrected chi connectivity index (χ4v) is 2.55. The Morgan fingerprint density at radius 1 is 1.05 bits per heavy atom. The molecule has 0 aliphatic rings. The molecule has 22 heavy (non-hydrogen) atoms. The summed E-state index contributed by atoms with van der Waals surface area (Å²) in [6.45, 7) is 2.63. The lowest BCUT2D eigenvalue weighted by atomic mass is 10.2. The normalized spacial score (nSPS) is 11.1. The van der Waals surface area contributed by atoms with Gasteiger partial charge < -0.3 is 5.32 Å². The van der Waals surface area contributed by atoms with E-state index >= 15 is 0 Å². The molecule has 0 spiro atoms. The smallest absolute Gasteiger partial charge is 0.113 e. The first-order chi connectivity index (χ1) is 10.8. The number of nitrogens with one attached hydrogen (secondary N) is 1. The lowest BCUT2D eigenvalue weighted by Crippen LogP contribution is -2.09. The van der Waals surface area contributed by atoms with Crippen molar-refractivity contribution in [1.82, 2.24) is 20.0 Å². The number of aryl methyl sites for hydroxylation is 1. The van der Waals surface area contributed by atoms with Gasteiger partial charge in [0.15, 0.2) is 0 Å². The molecule has 0 aliphatic carbocycles. The summed E-state index contributed by atoms with van der Waals surface area (Å²) in [5.41, 5.74) is 5.17. The van der Waals surface area contributed by atoms with Crippen LogP contribution in [0.2, 0.25) is 0 Å². The lowest BCUT2D eigenvalue weighted by Gasteiger charge is -2.08. The van der Waals surface area contributed by atoms with Crippen molar-refractivity contribution in [2.45, 2.75) is 13.6 Å². The molecule has 2 heterocycles. The third-order valence-electron chi connectivity index (χ3n) is 3.71. The Morgan fingerprint density at radius 2 is 2.00 bits per heavy atom. The number of aromatic nitrogens is 4. The van der Waals surface area contributed by atoms with E-state index in [1.807, 2.05) is 28.9 Å². The second-order valence-corrected chi connectivity index (χ2v) is 5.33. The van der Waals surface area contributed by atoms with Gasteiger partial charge in [-0.3, -0.25) is 4.98 Å². The molecule has 0 fully saturated rings. The Labute approximate surface area is 127 Å². The molecular weight excluding hydrogens is 274 g/mol. The fraction of sp³-hybridized carbons (Fsp3) is 0.118. The van der Waals surface area contributed by atoms with Crippen molar-refractivity contribution in [3.05, 3.63) is 60.3 Å². The van der Waals surface area contributed by atoms with Crippen LogP contribution in [0.25, 0.3) is 21.9 Å². The molecule has 4 aromatic rings. The van der Waals surface area contributed by atoms with Crippen molar-refractivity contribution in [3.63, 3.8) is 0 Å². The minimum atomic E-state index is 0.575. The first-order valence-electron chi connectivity index (χ1n) is 7.18. The average molecular weight is 289 g/mol. The second-order valence-electron chi connectivity index (χ2n) is 5.33. The third kappa shape index (κ3) is 2.26. The van der Waals surface area contributed by atoms with Gasteiger partial charge in [0, 0.05) is 17.3 Å². The quantitative estimate of drug-likeness (QED) is 0.628. The predicted molar refractivity (Wildman–Crippen MR) is 87.6 cm³/mol. The van der Waals surface area contributed by atoms with E-state index in [0.29, 0.717) is 6.67 Å². The molecular formula is C17H15N5. The summed E-state index contributed by atoms with van der Waals surface area (Å²) in [7, 11) is 0. The van der Waals surface area contributed by atoms with Gasteiger partial charge in [-0.25, -0.2) is 4.68 Å². The van der Waals surface area contributed by atoms with Gasteiger partial charge in [-0.1, -0.05) is 17.3 Å². The van der Waals surface area contributed by atoms with E-state index in [-0.39, 0.29) is 0 Å². The summed E-state index contributed by atoms with van der Waals surface area (Å²) in [6, 6.07) is 16.3. The first kappa shape index (κ1) is 12.8. The molecule has 108 valence electrons. The highest BCUT2D eigenvalue weighted by Crippen LogP contribution is 2.18. The summed E-state index contributed by atoms with van der Waals surface area (Å²) in [4.78, 5) is 4.33. The van der Waals surface area contributed by atoms with Crippen LogP contribution in [0.4, 0.5) is 5.69 Å². The van der Waals surface area contributed by atoms with E-state index in [1.165, 1.54) is 5.56 Å². The second kappa shape index (κ2) is 5.11. The van der Waals surface area contributed by atoms with Gasteiger partial charge in [0.2, 0.25) is 0 Å². The van der Waals surface area contributed by atoms with Gasteiger partial charge in [0.1, 0.15) is 12.2 Å². The fourth-order valence-electron chi connectivity index (χ4n) is 2.55. The van der Waals surface area contributed by atoms with Gasteiger partial charge in [-0.05, 0) is 48.9 Å². The molecule has 0 bridgehead atoms. The molecule has 0 unspecified atom stereocenters. The summed E-state index contributed by atoms with van der Waals surface area (Å²) < 4.78 is 1.86. The van der Waals surface area contributed by atoms with Gasteiger partial charge in [0.05, 0.1) is 11.0 Å². The first-order valence-corrected chi connectivity index (χ1v) is 7.18. The third-order valence-corrected chi connectivity index (χ3v) is 3.71. The SMILES string of the molecule is Cc1ccc2c(c1)nnn2CNc1ccc2ncccc2c1. The van der Waals surface area contributed by atoms with Crippen molar-refractivity contribution in [3.8, 4) is 0 Å². The Hall–Kier alpha value is -2.95. The molecule has 2 aromatic carbocycles. The Kier molecular flexibility index (Phi) is 2.96. The molecule has 4 rings (SSSR count). The molecule has 0 saturated heterocycles. The number of rotatable bonds is 3. The highest BCUT2D eigenvalue weighted by atomic mass is 15.4. The number of pyridine rings is 1. The molecule has 0 saturated carbocycles. The average Bonchev–Trinajstić information content (AvgIpc) is 2.95. The van der Waals surface area contributed by atoms with Gasteiger partial charge in [0.25, 0.3) is 0 Å². The van der Waals surface area contributed by atoms with E-state index in [2.05, 4.69) is 51.8 Å². The zero-order valence-corrected chi connectivity index (χ0v) is 12.2. The summed E-state index contributed by atoms with van der Waals surface area (Å²) >= 11 is 0. The molecule has 0 radical (unpaired) electrons. The van der Waals surface area contributed by atoms with Gasteiger partial charge in [-0.15, -0.1) is 5.10 Å². The standard InChI is InChI=1S/C17H15N5/c1-12-4-7-17-16(9-12)20-21-22(17)11-19-14-5-6-15-13(10-14)3-2-8-18-15/h2-10,19H,11H2,1H3. The van der Waals surface area contributed by atoms with E-state index in [0.717, 1.165) is 27.6 Å². The summed E-state index contributed by atoms with van der Waals surface area (Å²) in [5, 5.41) is 12.9. The van der Waals surface area contributed by atoms with Crippen LogP contribution in [0.5, 0.6) is 0 Å². The number of hydrogen-bond donors (Lipinski definition) is 1. The van der Waals surface area contributed by atoms with E-state index < -0.39 is 0 Å². The number of fused-ring (bicyclic) bond motifs is 2. The van der Waals surface area contributed by atoms with Crippen molar-refractivity contribution in [2.24, 2.45) is 0 Å². The zero-order chi connectivity index (χ0) is 14.9. The Balaban J connectivity index is 1.60. The van der Waals surface area contributed by atoms with Crippen molar-refractivity contribution in [1.29, 1.82) is 0 Å². The van der Waals surface area contributed by atoms with Crippen molar-refractivity contribution < 1.29 is 0 Å².